The minimum Gasteiger partial charge on any atom is -0.369 e. The highest BCUT2D eigenvalue weighted by Crippen LogP contribution is 2.56. The maximum Gasteiger partial charge on any atom is 0.237 e. The molecule has 0 saturated heterocycles. The van der Waals surface area contributed by atoms with Gasteiger partial charge in [-0.15, -0.1) is 0 Å². The molecule has 7 nitrogen and oxygen atoms in total. The average molecular weight is 475 g/mol. The quantitative estimate of drug-likeness (QED) is 0.628. The van der Waals surface area contributed by atoms with Gasteiger partial charge in [-0.3, -0.25) is 14.7 Å². The number of hydrogen-bond donors (Lipinski definition) is 1. The minimum absolute atomic E-state index is 0.174. The molecule has 0 aromatic carbocycles. The molecule has 186 valence electrons. The molecule has 2 aromatic rings. The van der Waals surface area contributed by atoms with Gasteiger partial charge < -0.3 is 10.2 Å². The summed E-state index contributed by atoms with van der Waals surface area (Å²) in [6, 6.07) is 4.03. The first-order valence-corrected chi connectivity index (χ1v) is 13.6. The number of carbonyl (C=O) groups is 1. The molecule has 4 aliphatic carbocycles. The topological polar surface area (TPSA) is 74.2 Å². The van der Waals surface area contributed by atoms with Gasteiger partial charge in [-0.25, -0.2) is 9.97 Å². The number of hydrogen-bond acceptors (Lipinski definition) is 6. The second kappa shape index (κ2) is 9.84. The third kappa shape index (κ3) is 4.80. The summed E-state index contributed by atoms with van der Waals surface area (Å²) in [6.07, 6.45) is 13.4. The van der Waals surface area contributed by atoms with Gasteiger partial charge in [0.2, 0.25) is 5.91 Å². The van der Waals surface area contributed by atoms with Crippen molar-refractivity contribution in [2.45, 2.75) is 58.5 Å². The van der Waals surface area contributed by atoms with Crippen molar-refractivity contribution < 1.29 is 4.79 Å². The van der Waals surface area contributed by atoms with Crippen molar-refractivity contribution in [2.24, 2.45) is 29.6 Å². The lowest BCUT2D eigenvalue weighted by atomic mass is 9.52. The summed E-state index contributed by atoms with van der Waals surface area (Å²) < 4.78 is 0. The van der Waals surface area contributed by atoms with Gasteiger partial charge in [0, 0.05) is 37.6 Å². The Bertz CT molecular complexity index is 1010. The van der Waals surface area contributed by atoms with Gasteiger partial charge in [0.15, 0.2) is 0 Å². The second-order valence-electron chi connectivity index (χ2n) is 11.3. The molecule has 1 aliphatic heterocycles. The fraction of sp³-hybridized carbons (Fsp3) is 0.643. The van der Waals surface area contributed by atoms with Crippen molar-refractivity contribution in [2.75, 3.05) is 31.5 Å². The van der Waals surface area contributed by atoms with Crippen molar-refractivity contribution in [3.05, 3.63) is 47.7 Å². The molecule has 3 heterocycles. The van der Waals surface area contributed by atoms with Crippen LogP contribution in [0, 0.1) is 29.6 Å². The number of amides is 1. The molecule has 2 aromatic heterocycles. The summed E-state index contributed by atoms with van der Waals surface area (Å²) in [5, 5.41) is 3.75. The Morgan fingerprint density at radius 3 is 2.54 bits per heavy atom. The fourth-order valence-electron chi connectivity index (χ4n) is 7.62. The van der Waals surface area contributed by atoms with E-state index < -0.39 is 0 Å². The lowest BCUT2D eigenvalue weighted by molar-refractivity contribution is -0.133. The summed E-state index contributed by atoms with van der Waals surface area (Å²) in [5.74, 6) is 5.83. The monoisotopic (exact) mass is 474 g/mol. The number of pyridine rings is 1. The second-order valence-corrected chi connectivity index (χ2v) is 11.3. The Balaban J connectivity index is 1.07. The smallest absolute Gasteiger partial charge is 0.237 e. The summed E-state index contributed by atoms with van der Waals surface area (Å²) in [5.41, 5.74) is 3.40. The van der Waals surface area contributed by atoms with Crippen LogP contribution in [0.4, 0.5) is 5.82 Å². The van der Waals surface area contributed by atoms with Crippen molar-refractivity contribution in [3.8, 4) is 0 Å². The van der Waals surface area contributed by atoms with E-state index in [0.29, 0.717) is 13.1 Å². The maximum absolute atomic E-state index is 13.1. The molecule has 1 N–H and O–H groups in total. The number of fused-ring (bicyclic) bond motifs is 1. The van der Waals surface area contributed by atoms with E-state index in [9.17, 15) is 4.79 Å². The molecule has 7 rings (SSSR count). The van der Waals surface area contributed by atoms with Crippen molar-refractivity contribution in [3.63, 3.8) is 0 Å². The van der Waals surface area contributed by atoms with Gasteiger partial charge >= 0.3 is 0 Å². The van der Waals surface area contributed by atoms with Crippen LogP contribution in [0.2, 0.25) is 0 Å². The highest BCUT2D eigenvalue weighted by atomic mass is 16.2. The Morgan fingerprint density at radius 1 is 1.09 bits per heavy atom. The SMILES string of the molecule is CCN(CC(=O)N1CCc2c(ncnc2NCC2C3CC4CC(C3)CC2C4)C1)Cc1ccncc1. The molecular formula is C28H38N6O. The lowest BCUT2D eigenvalue weighted by Crippen LogP contribution is -2.47. The summed E-state index contributed by atoms with van der Waals surface area (Å²) in [6.45, 7) is 6.48. The Hall–Kier alpha value is -2.54. The molecule has 5 aliphatic rings. The maximum atomic E-state index is 13.1. The van der Waals surface area contributed by atoms with Gasteiger partial charge in [-0.1, -0.05) is 6.92 Å². The van der Waals surface area contributed by atoms with Crippen LogP contribution in [-0.4, -0.2) is 56.8 Å². The van der Waals surface area contributed by atoms with E-state index >= 15 is 0 Å². The third-order valence-electron chi connectivity index (χ3n) is 9.25. The van der Waals surface area contributed by atoms with Gasteiger partial charge in [0.25, 0.3) is 0 Å². The zero-order valence-electron chi connectivity index (χ0n) is 20.9. The van der Waals surface area contributed by atoms with Gasteiger partial charge in [-0.2, -0.15) is 0 Å². The molecule has 0 radical (unpaired) electrons. The molecule has 35 heavy (non-hydrogen) atoms. The zero-order chi connectivity index (χ0) is 23.8. The molecule has 0 spiro atoms. The number of nitrogens with one attached hydrogen (secondary N) is 1. The first-order chi connectivity index (χ1) is 17.2. The highest BCUT2D eigenvalue weighted by molar-refractivity contribution is 5.78. The predicted octanol–water partition coefficient (Wildman–Crippen LogP) is 3.76. The van der Waals surface area contributed by atoms with Crippen LogP contribution in [0.15, 0.2) is 30.9 Å². The molecular weight excluding hydrogens is 436 g/mol. The van der Waals surface area contributed by atoms with E-state index in [4.69, 9.17) is 0 Å². The highest BCUT2D eigenvalue weighted by Gasteiger charge is 2.47. The number of anilines is 1. The molecule has 0 unspecified atom stereocenters. The fourth-order valence-corrected chi connectivity index (χ4v) is 7.62. The number of nitrogens with zero attached hydrogens (tertiary/aromatic N) is 5. The minimum atomic E-state index is 0.174. The van der Waals surface area contributed by atoms with Gasteiger partial charge in [-0.05, 0) is 92.4 Å². The molecule has 4 fully saturated rings. The van der Waals surface area contributed by atoms with E-state index in [-0.39, 0.29) is 5.91 Å². The summed E-state index contributed by atoms with van der Waals surface area (Å²) in [7, 11) is 0. The molecule has 4 bridgehead atoms. The molecule has 7 heteroatoms. The average Bonchev–Trinajstić information content (AvgIpc) is 2.87. The molecule has 0 atom stereocenters. The van der Waals surface area contributed by atoms with Crippen molar-refractivity contribution in [1.82, 2.24) is 24.8 Å². The van der Waals surface area contributed by atoms with E-state index in [0.717, 1.165) is 73.7 Å². The third-order valence-corrected chi connectivity index (χ3v) is 9.25. The largest absolute Gasteiger partial charge is 0.369 e. The van der Waals surface area contributed by atoms with Crippen LogP contribution >= 0.6 is 0 Å². The number of aromatic nitrogens is 3. The Morgan fingerprint density at radius 2 is 1.83 bits per heavy atom. The normalized spacial score (nSPS) is 28.9. The van der Waals surface area contributed by atoms with Gasteiger partial charge in [0.1, 0.15) is 12.1 Å². The number of rotatable bonds is 8. The van der Waals surface area contributed by atoms with Crippen molar-refractivity contribution in [1.29, 1.82) is 0 Å². The van der Waals surface area contributed by atoms with Crippen LogP contribution in [0.25, 0.3) is 0 Å². The Kier molecular flexibility index (Phi) is 6.44. The van der Waals surface area contributed by atoms with Gasteiger partial charge in [0.05, 0.1) is 18.8 Å². The lowest BCUT2D eigenvalue weighted by Gasteiger charge is -2.54. The number of likely N-dealkylation sites (N-methyl/N-ethyl adjacent to an activating group) is 1. The predicted molar refractivity (Wildman–Crippen MR) is 135 cm³/mol. The standard InChI is InChI=1S/C28H38N6O/c1-2-33(15-19-3-6-29-7-4-19)17-27(35)34-8-5-24-26(16-34)31-18-32-28(24)30-14-25-22-10-20-9-21(12-22)13-23(25)11-20/h3-4,6-7,18,20-23,25H,2,5,8-17H2,1H3,(H,30,31,32). The molecule has 4 saturated carbocycles. The van der Waals surface area contributed by atoms with E-state index in [2.05, 4.69) is 32.1 Å². The van der Waals surface area contributed by atoms with Crippen LogP contribution in [0.3, 0.4) is 0 Å². The summed E-state index contributed by atoms with van der Waals surface area (Å²) in [4.78, 5) is 30.6. The first kappa shape index (κ1) is 22.9. The zero-order valence-corrected chi connectivity index (χ0v) is 20.9. The van der Waals surface area contributed by atoms with Crippen LogP contribution in [-0.2, 0) is 24.3 Å². The number of carbonyl (C=O) groups excluding carboxylic acids is 1. The Labute approximate surface area is 208 Å². The van der Waals surface area contributed by atoms with Crippen LogP contribution in [0.5, 0.6) is 0 Å². The first-order valence-electron chi connectivity index (χ1n) is 13.6. The van der Waals surface area contributed by atoms with Crippen LogP contribution in [0.1, 0.15) is 55.8 Å². The molecule has 1 amide bonds. The van der Waals surface area contributed by atoms with Crippen LogP contribution < -0.4 is 5.32 Å². The van der Waals surface area contributed by atoms with Crippen molar-refractivity contribution >= 4 is 11.7 Å². The van der Waals surface area contributed by atoms with E-state index in [1.807, 2.05) is 17.0 Å². The summed E-state index contributed by atoms with van der Waals surface area (Å²) >= 11 is 0. The van der Waals surface area contributed by atoms with E-state index in [1.165, 1.54) is 43.2 Å². The van der Waals surface area contributed by atoms with E-state index in [1.54, 1.807) is 18.7 Å².